The first kappa shape index (κ1) is 16.0. The van der Waals surface area contributed by atoms with Crippen LogP contribution in [0, 0.1) is 10.1 Å². The highest BCUT2D eigenvalue weighted by Gasteiger charge is 2.23. The van der Waals surface area contributed by atoms with Gasteiger partial charge in [0.1, 0.15) is 0 Å². The zero-order chi connectivity index (χ0) is 16.6. The molecule has 0 aliphatic rings. The van der Waals surface area contributed by atoms with Crippen molar-refractivity contribution in [3.8, 4) is 0 Å². The van der Waals surface area contributed by atoms with Crippen molar-refractivity contribution < 1.29 is 4.92 Å². The molecular weight excluding hydrogens is 326 g/mol. The van der Waals surface area contributed by atoms with E-state index in [0.717, 1.165) is 4.90 Å². The quantitative estimate of drug-likeness (QED) is 0.416. The number of rotatable bonds is 3. The number of benzene rings is 2. The summed E-state index contributed by atoms with van der Waals surface area (Å²) >= 11 is 3.51. The lowest BCUT2D eigenvalue weighted by molar-refractivity contribution is -0.384. The lowest BCUT2D eigenvalue weighted by atomic mass is 9.94. The van der Waals surface area contributed by atoms with E-state index in [1.807, 2.05) is 23.5 Å². The summed E-state index contributed by atoms with van der Waals surface area (Å²) in [6, 6.07) is 15.2. The zero-order valence-electron chi connectivity index (χ0n) is 13.2. The first-order valence-electron chi connectivity index (χ1n) is 7.30. The van der Waals surface area contributed by atoms with E-state index in [4.69, 9.17) is 0 Å². The molecule has 23 heavy (non-hydrogen) atoms. The highest BCUT2D eigenvalue weighted by molar-refractivity contribution is 7.99. The highest BCUT2D eigenvalue weighted by atomic mass is 32.2. The third-order valence-corrected chi connectivity index (χ3v) is 6.36. The molecule has 0 spiro atoms. The van der Waals surface area contributed by atoms with Crippen LogP contribution >= 0.6 is 23.1 Å². The fourth-order valence-corrected chi connectivity index (χ4v) is 5.04. The van der Waals surface area contributed by atoms with E-state index < -0.39 is 0 Å². The largest absolute Gasteiger partial charge is 0.269 e. The molecular formula is C18H17NO2S2. The minimum absolute atomic E-state index is 0.0623. The number of hydrogen-bond donors (Lipinski definition) is 0. The molecule has 0 aliphatic heterocycles. The summed E-state index contributed by atoms with van der Waals surface area (Å²) in [6.07, 6.45) is 0. The number of hydrogen-bond acceptors (Lipinski definition) is 4. The van der Waals surface area contributed by atoms with Crippen molar-refractivity contribution in [2.24, 2.45) is 0 Å². The molecule has 0 N–H and O–H groups in total. The summed E-state index contributed by atoms with van der Waals surface area (Å²) in [7, 11) is 0. The van der Waals surface area contributed by atoms with Gasteiger partial charge in [0.15, 0.2) is 0 Å². The minimum atomic E-state index is -0.366. The van der Waals surface area contributed by atoms with Crippen molar-refractivity contribution in [3.05, 3.63) is 63.5 Å². The number of nitrogens with zero attached hydrogens (tertiary/aromatic N) is 1. The molecule has 0 fully saturated rings. The predicted molar refractivity (Wildman–Crippen MR) is 97.7 cm³/mol. The Labute approximate surface area is 143 Å². The Morgan fingerprint density at radius 2 is 1.70 bits per heavy atom. The average molecular weight is 343 g/mol. The smallest absolute Gasteiger partial charge is 0.258 e. The van der Waals surface area contributed by atoms with Gasteiger partial charge in [-0.05, 0) is 23.6 Å². The van der Waals surface area contributed by atoms with Gasteiger partial charge in [0.25, 0.3) is 5.69 Å². The van der Waals surface area contributed by atoms with Crippen molar-refractivity contribution >= 4 is 38.9 Å². The Bertz CT molecular complexity index is 861. The van der Waals surface area contributed by atoms with Crippen LogP contribution in [0.15, 0.2) is 58.3 Å². The summed E-state index contributed by atoms with van der Waals surface area (Å²) in [5.74, 6) is 0. The lowest BCUT2D eigenvalue weighted by Crippen LogP contribution is -2.09. The number of fused-ring (bicyclic) bond motifs is 1. The van der Waals surface area contributed by atoms with Gasteiger partial charge < -0.3 is 0 Å². The molecule has 0 aliphatic carbocycles. The van der Waals surface area contributed by atoms with Crippen LogP contribution < -0.4 is 0 Å². The molecule has 3 rings (SSSR count). The first-order valence-corrected chi connectivity index (χ1v) is 8.94. The van der Waals surface area contributed by atoms with E-state index in [0.29, 0.717) is 0 Å². The van der Waals surface area contributed by atoms with E-state index in [1.54, 1.807) is 23.9 Å². The SMILES string of the molecule is CC(C)(C)c1sc2ccccc2c1Sc1ccc([N+](=O)[O-])cc1. The lowest BCUT2D eigenvalue weighted by Gasteiger charge is -2.18. The molecule has 2 aromatic carbocycles. The van der Waals surface area contributed by atoms with Gasteiger partial charge in [-0.1, -0.05) is 50.7 Å². The third kappa shape index (κ3) is 3.26. The van der Waals surface area contributed by atoms with Gasteiger partial charge in [-0.2, -0.15) is 0 Å². The number of thiophene rings is 1. The second-order valence-corrected chi connectivity index (χ2v) is 8.50. The van der Waals surface area contributed by atoms with Crippen LogP contribution in [0.1, 0.15) is 25.6 Å². The molecule has 3 aromatic rings. The molecule has 0 saturated carbocycles. The van der Waals surface area contributed by atoms with E-state index in [1.165, 1.54) is 19.9 Å². The average Bonchev–Trinajstić information content (AvgIpc) is 2.87. The van der Waals surface area contributed by atoms with Crippen LogP contribution in [0.3, 0.4) is 0 Å². The monoisotopic (exact) mass is 343 g/mol. The van der Waals surface area contributed by atoms with E-state index >= 15 is 0 Å². The van der Waals surface area contributed by atoms with Crippen LogP contribution in [0.2, 0.25) is 0 Å². The van der Waals surface area contributed by atoms with Crippen molar-refractivity contribution in [1.82, 2.24) is 0 Å². The zero-order valence-corrected chi connectivity index (χ0v) is 14.8. The molecule has 118 valence electrons. The van der Waals surface area contributed by atoms with Crippen molar-refractivity contribution in [2.45, 2.75) is 36.0 Å². The second kappa shape index (κ2) is 5.98. The van der Waals surface area contributed by atoms with Crippen LogP contribution in [-0.2, 0) is 5.41 Å². The summed E-state index contributed by atoms with van der Waals surface area (Å²) in [4.78, 5) is 14.0. The standard InChI is InChI=1S/C18H17NO2S2/c1-18(2,3)17-16(14-6-4-5-7-15(14)23-17)22-13-10-8-12(9-11-13)19(20)21/h4-11H,1-3H3. The topological polar surface area (TPSA) is 43.1 Å². The Hall–Kier alpha value is -1.85. The fourth-order valence-electron chi connectivity index (χ4n) is 2.37. The Balaban J connectivity index is 2.06. The molecule has 1 heterocycles. The molecule has 0 bridgehead atoms. The van der Waals surface area contributed by atoms with Gasteiger partial charge in [-0.3, -0.25) is 10.1 Å². The Kier molecular flexibility index (Phi) is 4.17. The normalized spacial score (nSPS) is 11.8. The maximum Gasteiger partial charge on any atom is 0.269 e. The molecule has 0 amide bonds. The molecule has 0 atom stereocenters. The van der Waals surface area contributed by atoms with E-state index in [9.17, 15) is 10.1 Å². The van der Waals surface area contributed by atoms with Crippen LogP contribution in [0.5, 0.6) is 0 Å². The van der Waals surface area contributed by atoms with Gasteiger partial charge in [-0.25, -0.2) is 0 Å². The number of nitro benzene ring substituents is 1. The third-order valence-electron chi connectivity index (χ3n) is 3.50. The molecule has 0 radical (unpaired) electrons. The van der Waals surface area contributed by atoms with Crippen molar-refractivity contribution in [3.63, 3.8) is 0 Å². The molecule has 0 saturated heterocycles. The van der Waals surface area contributed by atoms with Gasteiger partial charge in [-0.15, -0.1) is 11.3 Å². The molecule has 5 heteroatoms. The maximum atomic E-state index is 10.8. The van der Waals surface area contributed by atoms with Crippen molar-refractivity contribution in [1.29, 1.82) is 0 Å². The van der Waals surface area contributed by atoms with Crippen LogP contribution in [0.4, 0.5) is 5.69 Å². The predicted octanol–water partition coefficient (Wildman–Crippen LogP) is 6.26. The van der Waals surface area contributed by atoms with E-state index in [2.05, 4.69) is 45.0 Å². The maximum absolute atomic E-state index is 10.8. The Morgan fingerprint density at radius 3 is 2.30 bits per heavy atom. The van der Waals surface area contributed by atoms with Crippen LogP contribution in [-0.4, -0.2) is 4.92 Å². The summed E-state index contributed by atoms with van der Waals surface area (Å²) in [5.41, 5.74) is 0.188. The summed E-state index contributed by atoms with van der Waals surface area (Å²) < 4.78 is 1.28. The second-order valence-electron chi connectivity index (χ2n) is 6.36. The summed E-state index contributed by atoms with van der Waals surface area (Å²) in [5, 5.41) is 12.0. The Morgan fingerprint density at radius 1 is 1.04 bits per heavy atom. The van der Waals surface area contributed by atoms with Crippen molar-refractivity contribution in [2.75, 3.05) is 0 Å². The van der Waals surface area contributed by atoms with E-state index in [-0.39, 0.29) is 16.0 Å². The fraction of sp³-hybridized carbons (Fsp3) is 0.222. The van der Waals surface area contributed by atoms with Gasteiger partial charge in [0.05, 0.1) is 4.92 Å². The van der Waals surface area contributed by atoms with Gasteiger partial charge in [0.2, 0.25) is 0 Å². The van der Waals surface area contributed by atoms with Gasteiger partial charge in [0, 0.05) is 36.9 Å². The minimum Gasteiger partial charge on any atom is -0.258 e. The molecule has 0 unspecified atom stereocenters. The molecule has 1 aromatic heterocycles. The number of nitro groups is 1. The van der Waals surface area contributed by atoms with Gasteiger partial charge >= 0.3 is 0 Å². The first-order chi connectivity index (χ1) is 10.9. The number of non-ortho nitro benzene ring substituents is 1. The van der Waals surface area contributed by atoms with Crippen LogP contribution in [0.25, 0.3) is 10.1 Å². The summed E-state index contributed by atoms with van der Waals surface area (Å²) in [6.45, 7) is 6.66. The molecule has 3 nitrogen and oxygen atoms in total. The highest BCUT2D eigenvalue weighted by Crippen LogP contribution is 2.46.